The molecular formula is C21H22N2S. The van der Waals surface area contributed by atoms with Gasteiger partial charge in [0.15, 0.2) is 0 Å². The van der Waals surface area contributed by atoms with Gasteiger partial charge >= 0.3 is 0 Å². The van der Waals surface area contributed by atoms with Crippen molar-refractivity contribution in [3.63, 3.8) is 0 Å². The van der Waals surface area contributed by atoms with E-state index in [0.717, 1.165) is 12.1 Å². The van der Waals surface area contributed by atoms with Crippen molar-refractivity contribution in [3.8, 4) is 0 Å². The van der Waals surface area contributed by atoms with Crippen LogP contribution in [0, 0.1) is 6.92 Å². The summed E-state index contributed by atoms with van der Waals surface area (Å²) in [5, 5.41) is 3.72. The monoisotopic (exact) mass is 334 g/mol. The number of hydrogen-bond donors (Lipinski definition) is 0. The number of aryl methyl sites for hydroxylation is 1. The Morgan fingerprint density at radius 2 is 1.92 bits per heavy atom. The molecule has 0 amide bonds. The van der Waals surface area contributed by atoms with E-state index < -0.39 is 0 Å². The lowest BCUT2D eigenvalue weighted by molar-refractivity contribution is 0.566. The second-order valence-corrected chi connectivity index (χ2v) is 8.38. The van der Waals surface area contributed by atoms with Gasteiger partial charge < -0.3 is 4.40 Å². The maximum absolute atomic E-state index is 4.93. The molecule has 0 aliphatic heterocycles. The van der Waals surface area contributed by atoms with E-state index in [9.17, 15) is 0 Å². The minimum Gasteiger partial charge on any atom is -0.303 e. The lowest BCUT2D eigenvalue weighted by atomic mass is 9.89. The lowest BCUT2D eigenvalue weighted by Crippen LogP contribution is -2.15. The highest BCUT2D eigenvalue weighted by Gasteiger charge is 2.24. The lowest BCUT2D eigenvalue weighted by Gasteiger charge is -2.18. The Hall–Kier alpha value is -2.13. The van der Waals surface area contributed by atoms with Crippen molar-refractivity contribution in [2.24, 2.45) is 0 Å². The van der Waals surface area contributed by atoms with Gasteiger partial charge in [0.25, 0.3) is 0 Å². The second-order valence-electron chi connectivity index (χ2n) is 7.47. The molecule has 0 radical (unpaired) electrons. The van der Waals surface area contributed by atoms with E-state index in [1.807, 2.05) is 11.3 Å². The zero-order valence-electron chi connectivity index (χ0n) is 14.6. The second kappa shape index (κ2) is 5.45. The van der Waals surface area contributed by atoms with Crippen LogP contribution >= 0.6 is 11.3 Å². The average molecular weight is 334 g/mol. The molecule has 0 unspecified atom stereocenters. The third kappa shape index (κ3) is 2.44. The number of hydrogen-bond acceptors (Lipinski definition) is 2. The molecule has 3 aromatic heterocycles. The predicted molar refractivity (Wildman–Crippen MR) is 103 cm³/mol. The number of imidazole rings is 1. The summed E-state index contributed by atoms with van der Waals surface area (Å²) in [6, 6.07) is 12.8. The Bertz CT molecular complexity index is 1030. The van der Waals surface area contributed by atoms with Crippen LogP contribution in [0.1, 0.15) is 43.3 Å². The first kappa shape index (κ1) is 15.4. The third-order valence-electron chi connectivity index (χ3n) is 4.58. The Labute approximate surface area is 146 Å². The number of rotatable bonds is 2. The molecule has 24 heavy (non-hydrogen) atoms. The van der Waals surface area contributed by atoms with Crippen LogP contribution in [0.25, 0.3) is 15.7 Å². The fraction of sp³-hybridized carbons (Fsp3) is 0.286. The standard InChI is InChI=1S/C21H22N2S/c1-14-8-7-9-17-19(14)15(13-24-17)12-16-20(21(2,3)4)22-18-10-5-6-11-23(16)18/h5-11,13H,12H2,1-4H3. The summed E-state index contributed by atoms with van der Waals surface area (Å²) < 4.78 is 3.62. The largest absolute Gasteiger partial charge is 0.303 e. The molecule has 3 heteroatoms. The van der Waals surface area contributed by atoms with Crippen LogP contribution in [0.2, 0.25) is 0 Å². The molecule has 1 aromatic carbocycles. The summed E-state index contributed by atoms with van der Waals surface area (Å²) >= 11 is 1.84. The van der Waals surface area contributed by atoms with Crippen molar-refractivity contribution in [2.45, 2.75) is 39.5 Å². The van der Waals surface area contributed by atoms with Gasteiger partial charge in [0.1, 0.15) is 5.65 Å². The summed E-state index contributed by atoms with van der Waals surface area (Å²) in [7, 11) is 0. The molecule has 2 nitrogen and oxygen atoms in total. The minimum atomic E-state index is 0.0300. The maximum Gasteiger partial charge on any atom is 0.137 e. The van der Waals surface area contributed by atoms with Gasteiger partial charge in [0.05, 0.1) is 11.4 Å². The molecule has 0 spiro atoms. The molecule has 122 valence electrons. The van der Waals surface area contributed by atoms with E-state index in [1.165, 1.54) is 32.6 Å². The molecule has 0 bridgehead atoms. The molecule has 0 saturated carbocycles. The number of fused-ring (bicyclic) bond motifs is 2. The van der Waals surface area contributed by atoms with Gasteiger partial charge in [-0.25, -0.2) is 4.98 Å². The third-order valence-corrected chi connectivity index (χ3v) is 5.58. The first-order valence-corrected chi connectivity index (χ1v) is 9.25. The van der Waals surface area contributed by atoms with Gasteiger partial charge in [0, 0.05) is 22.7 Å². The fourth-order valence-electron chi connectivity index (χ4n) is 3.47. The highest BCUT2D eigenvalue weighted by Crippen LogP contribution is 2.33. The molecule has 4 rings (SSSR count). The molecule has 0 saturated heterocycles. The Morgan fingerprint density at radius 3 is 2.71 bits per heavy atom. The quantitative estimate of drug-likeness (QED) is 0.456. The summed E-state index contributed by atoms with van der Waals surface area (Å²) in [5.74, 6) is 0. The van der Waals surface area contributed by atoms with E-state index in [4.69, 9.17) is 4.98 Å². The van der Waals surface area contributed by atoms with E-state index in [-0.39, 0.29) is 5.41 Å². The van der Waals surface area contributed by atoms with Crippen LogP contribution in [0.3, 0.4) is 0 Å². The number of aromatic nitrogens is 2. The molecular weight excluding hydrogens is 312 g/mol. The van der Waals surface area contributed by atoms with Crippen LogP contribution in [0.15, 0.2) is 48.0 Å². The van der Waals surface area contributed by atoms with Gasteiger partial charge in [0.2, 0.25) is 0 Å². The van der Waals surface area contributed by atoms with Gasteiger partial charge in [-0.1, -0.05) is 39.0 Å². The number of thiophene rings is 1. The molecule has 0 aliphatic carbocycles. The van der Waals surface area contributed by atoms with Crippen molar-refractivity contribution >= 4 is 27.1 Å². The summed E-state index contributed by atoms with van der Waals surface area (Å²) in [6.07, 6.45) is 3.05. The summed E-state index contributed by atoms with van der Waals surface area (Å²) in [4.78, 5) is 4.93. The van der Waals surface area contributed by atoms with E-state index in [1.54, 1.807) is 0 Å². The van der Waals surface area contributed by atoms with E-state index in [2.05, 4.69) is 80.1 Å². The maximum atomic E-state index is 4.93. The van der Waals surface area contributed by atoms with Gasteiger partial charge in [-0.15, -0.1) is 11.3 Å². The minimum absolute atomic E-state index is 0.0300. The zero-order valence-corrected chi connectivity index (χ0v) is 15.4. The molecule has 3 heterocycles. The molecule has 0 atom stereocenters. The van der Waals surface area contributed by atoms with Crippen molar-refractivity contribution in [2.75, 3.05) is 0 Å². The van der Waals surface area contributed by atoms with Crippen molar-refractivity contribution in [3.05, 3.63) is 70.5 Å². The number of benzene rings is 1. The van der Waals surface area contributed by atoms with Crippen LogP contribution in [0.4, 0.5) is 0 Å². The highest BCUT2D eigenvalue weighted by molar-refractivity contribution is 7.17. The number of pyridine rings is 1. The molecule has 0 fully saturated rings. The highest BCUT2D eigenvalue weighted by atomic mass is 32.1. The first-order chi connectivity index (χ1) is 11.4. The Kier molecular flexibility index (Phi) is 3.50. The summed E-state index contributed by atoms with van der Waals surface area (Å²) in [6.45, 7) is 8.94. The van der Waals surface area contributed by atoms with E-state index >= 15 is 0 Å². The summed E-state index contributed by atoms with van der Waals surface area (Å²) in [5.41, 5.74) is 6.33. The van der Waals surface area contributed by atoms with Gasteiger partial charge in [-0.2, -0.15) is 0 Å². The van der Waals surface area contributed by atoms with Crippen LogP contribution < -0.4 is 0 Å². The average Bonchev–Trinajstić information content (AvgIpc) is 3.11. The number of nitrogens with zero attached hydrogens (tertiary/aromatic N) is 2. The smallest absolute Gasteiger partial charge is 0.137 e. The van der Waals surface area contributed by atoms with Gasteiger partial charge in [-0.3, -0.25) is 0 Å². The Morgan fingerprint density at radius 1 is 1.08 bits per heavy atom. The fourth-order valence-corrected chi connectivity index (χ4v) is 4.51. The molecule has 4 aromatic rings. The van der Waals surface area contributed by atoms with Crippen molar-refractivity contribution in [1.82, 2.24) is 9.38 Å². The normalized spacial score (nSPS) is 12.3. The van der Waals surface area contributed by atoms with Crippen molar-refractivity contribution in [1.29, 1.82) is 0 Å². The molecule has 0 aliphatic rings. The first-order valence-electron chi connectivity index (χ1n) is 8.37. The van der Waals surface area contributed by atoms with Crippen molar-refractivity contribution < 1.29 is 0 Å². The zero-order chi connectivity index (χ0) is 16.9. The van der Waals surface area contributed by atoms with Crippen LogP contribution in [0.5, 0.6) is 0 Å². The molecule has 0 N–H and O–H groups in total. The Balaban J connectivity index is 1.93. The van der Waals surface area contributed by atoms with Crippen LogP contribution in [-0.2, 0) is 11.8 Å². The topological polar surface area (TPSA) is 17.3 Å². The van der Waals surface area contributed by atoms with Gasteiger partial charge in [-0.05, 0) is 47.0 Å². The van der Waals surface area contributed by atoms with Crippen LogP contribution in [-0.4, -0.2) is 9.38 Å². The SMILES string of the molecule is Cc1cccc2scc(Cc3c(C(C)(C)C)nc4ccccn34)c12. The van der Waals surface area contributed by atoms with E-state index in [0.29, 0.717) is 0 Å². The predicted octanol–water partition coefficient (Wildman–Crippen LogP) is 5.75.